The Labute approximate surface area is 196 Å². The van der Waals surface area contributed by atoms with Crippen molar-refractivity contribution in [1.29, 1.82) is 0 Å². The van der Waals surface area contributed by atoms with Crippen molar-refractivity contribution in [2.24, 2.45) is 11.8 Å². The maximum absolute atomic E-state index is 5.20. The Kier molecular flexibility index (Phi) is 3.85. The summed E-state index contributed by atoms with van der Waals surface area (Å²) in [6, 6.07) is 10.8. The number of hydrogen-bond acceptors (Lipinski definition) is 6. The second-order valence-corrected chi connectivity index (χ2v) is 10.1. The van der Waals surface area contributed by atoms with Crippen LogP contribution in [0.4, 0.5) is 5.82 Å². The molecule has 2 unspecified atom stereocenters. The van der Waals surface area contributed by atoms with Crippen LogP contribution in [0.15, 0.2) is 48.9 Å². The van der Waals surface area contributed by atoms with E-state index in [1.165, 1.54) is 24.8 Å². The third-order valence-electron chi connectivity index (χ3n) is 8.22. The normalized spacial score (nSPS) is 23.9. The minimum absolute atomic E-state index is 0.486. The molecule has 1 aromatic carbocycles. The molecule has 8 rings (SSSR count). The highest BCUT2D eigenvalue weighted by Crippen LogP contribution is 2.46. The summed E-state index contributed by atoms with van der Waals surface area (Å²) in [5.41, 5.74) is 5.16. The largest absolute Gasteiger partial charge is 0.366 e. The molecule has 0 bridgehead atoms. The number of piperidine rings is 1. The fraction of sp³-hybridized carbons (Fsp3) is 0.333. The molecule has 34 heavy (non-hydrogen) atoms. The number of fused-ring (bicyclic) bond motifs is 5. The monoisotopic (exact) mass is 447 g/mol. The van der Waals surface area contributed by atoms with Crippen molar-refractivity contribution < 1.29 is 0 Å². The zero-order valence-electron chi connectivity index (χ0n) is 18.8. The van der Waals surface area contributed by atoms with Crippen molar-refractivity contribution >= 4 is 38.7 Å². The van der Waals surface area contributed by atoms with Crippen molar-refractivity contribution in [1.82, 2.24) is 30.2 Å². The van der Waals surface area contributed by atoms with E-state index in [4.69, 9.17) is 9.97 Å². The Morgan fingerprint density at radius 1 is 0.941 bits per heavy atom. The predicted octanol–water partition coefficient (Wildman–Crippen LogP) is 4.62. The van der Waals surface area contributed by atoms with Gasteiger partial charge in [-0.25, -0.2) is 15.0 Å². The van der Waals surface area contributed by atoms with E-state index in [0.29, 0.717) is 23.8 Å². The second-order valence-electron chi connectivity index (χ2n) is 10.1. The SMILES string of the molecule is c1ccc2c(c1)[nH]c1nccc(-c3nc(NC4C5CNCC54)c4c(C5CCC5)cncc4n3)c12. The molecular formula is C27H25N7. The number of para-hydroxylation sites is 1. The number of aromatic nitrogens is 5. The Bertz CT molecular complexity index is 1570. The number of nitrogens with zero attached hydrogens (tertiary/aromatic N) is 4. The van der Waals surface area contributed by atoms with E-state index in [0.717, 1.165) is 63.1 Å². The topological polar surface area (TPSA) is 91.4 Å². The van der Waals surface area contributed by atoms with Crippen LogP contribution < -0.4 is 10.6 Å². The fourth-order valence-corrected chi connectivity index (χ4v) is 6.11. The van der Waals surface area contributed by atoms with Crippen LogP contribution in [0.1, 0.15) is 30.7 Å². The van der Waals surface area contributed by atoms with Crippen LogP contribution in [-0.2, 0) is 0 Å². The van der Waals surface area contributed by atoms with E-state index in [9.17, 15) is 0 Å². The van der Waals surface area contributed by atoms with E-state index >= 15 is 0 Å². The zero-order valence-corrected chi connectivity index (χ0v) is 18.8. The van der Waals surface area contributed by atoms with Crippen LogP contribution in [0.5, 0.6) is 0 Å². The maximum Gasteiger partial charge on any atom is 0.163 e. The van der Waals surface area contributed by atoms with Crippen molar-refractivity contribution in [2.45, 2.75) is 31.2 Å². The van der Waals surface area contributed by atoms with Gasteiger partial charge in [0.1, 0.15) is 11.5 Å². The summed E-state index contributed by atoms with van der Waals surface area (Å²) in [7, 11) is 0. The van der Waals surface area contributed by atoms with Gasteiger partial charge in [0, 0.05) is 58.8 Å². The summed E-state index contributed by atoms with van der Waals surface area (Å²) in [5, 5.41) is 10.7. The fourth-order valence-electron chi connectivity index (χ4n) is 6.11. The lowest BCUT2D eigenvalue weighted by Crippen LogP contribution is -2.22. The number of aromatic amines is 1. The van der Waals surface area contributed by atoms with E-state index in [1.54, 1.807) is 0 Å². The molecule has 0 spiro atoms. The molecule has 1 saturated heterocycles. The molecule has 2 aliphatic carbocycles. The van der Waals surface area contributed by atoms with Crippen molar-refractivity contribution in [3.8, 4) is 11.4 Å². The van der Waals surface area contributed by atoms with Gasteiger partial charge in [0.05, 0.1) is 11.7 Å². The number of hydrogen-bond donors (Lipinski definition) is 3. The molecule has 3 N–H and O–H groups in total. The average Bonchev–Trinajstić information content (AvgIpc) is 3.16. The van der Waals surface area contributed by atoms with E-state index in [2.05, 4.69) is 43.8 Å². The quantitative estimate of drug-likeness (QED) is 0.372. The first-order valence-corrected chi connectivity index (χ1v) is 12.3. The highest BCUT2D eigenvalue weighted by atomic mass is 15.1. The summed E-state index contributed by atoms with van der Waals surface area (Å²) >= 11 is 0. The molecule has 0 radical (unpaired) electrons. The Morgan fingerprint density at radius 3 is 2.68 bits per heavy atom. The smallest absolute Gasteiger partial charge is 0.163 e. The summed E-state index contributed by atoms with van der Waals surface area (Å²) in [6.07, 6.45) is 9.52. The first kappa shape index (κ1) is 18.8. The Morgan fingerprint density at radius 2 is 1.82 bits per heavy atom. The number of H-pyrrole nitrogens is 1. The third kappa shape index (κ3) is 2.67. The first-order chi connectivity index (χ1) is 16.8. The van der Waals surface area contributed by atoms with Gasteiger partial charge in [-0.05, 0) is 48.3 Å². The number of anilines is 1. The molecule has 2 atom stereocenters. The molecule has 3 aliphatic rings. The molecule has 4 aromatic heterocycles. The number of benzene rings is 1. The minimum Gasteiger partial charge on any atom is -0.366 e. The molecule has 1 aliphatic heterocycles. The van der Waals surface area contributed by atoms with E-state index in [1.807, 2.05) is 30.7 Å². The van der Waals surface area contributed by atoms with Crippen molar-refractivity contribution in [3.63, 3.8) is 0 Å². The number of nitrogens with one attached hydrogen (secondary N) is 3. The lowest BCUT2D eigenvalue weighted by Gasteiger charge is -2.27. The average molecular weight is 448 g/mol. The number of rotatable bonds is 4. The molecule has 0 amide bonds. The number of pyridine rings is 2. The lowest BCUT2D eigenvalue weighted by atomic mass is 9.79. The van der Waals surface area contributed by atoms with Gasteiger partial charge in [-0.1, -0.05) is 24.6 Å². The minimum atomic E-state index is 0.486. The van der Waals surface area contributed by atoms with Crippen molar-refractivity contribution in [3.05, 3.63) is 54.5 Å². The molecule has 5 aromatic rings. The molecular weight excluding hydrogens is 422 g/mol. The van der Waals surface area contributed by atoms with Crippen LogP contribution in [0.2, 0.25) is 0 Å². The molecule has 168 valence electrons. The van der Waals surface area contributed by atoms with Crippen molar-refractivity contribution in [2.75, 3.05) is 18.4 Å². The van der Waals surface area contributed by atoms with Crippen LogP contribution in [0.25, 0.3) is 44.2 Å². The second kappa shape index (κ2) is 6.96. The van der Waals surface area contributed by atoms with Crippen LogP contribution >= 0.6 is 0 Å². The van der Waals surface area contributed by atoms with Crippen LogP contribution in [-0.4, -0.2) is 44.1 Å². The van der Waals surface area contributed by atoms with E-state index in [-0.39, 0.29) is 0 Å². The van der Waals surface area contributed by atoms with Crippen LogP contribution in [0.3, 0.4) is 0 Å². The molecule has 7 heteroatoms. The molecule has 2 saturated carbocycles. The molecule has 5 heterocycles. The first-order valence-electron chi connectivity index (χ1n) is 12.3. The third-order valence-corrected chi connectivity index (χ3v) is 8.22. The highest BCUT2D eigenvalue weighted by Gasteiger charge is 2.53. The highest BCUT2D eigenvalue weighted by molar-refractivity contribution is 6.12. The Balaban J connectivity index is 1.35. The summed E-state index contributed by atoms with van der Waals surface area (Å²) < 4.78 is 0. The standard InChI is InChI=1S/C27H25N7/c1-2-7-20-15(6-1)22-16(8-9-30-26(22)31-20)25-32-21-13-29-10-17(14-4-3-5-14)23(21)27(34-25)33-24-18-11-28-12-19(18)24/h1-2,6-10,13-14,18-19,24,28H,3-5,11-12H2,(H,30,31)(H,32,33,34). The molecule has 7 nitrogen and oxygen atoms in total. The van der Waals surface area contributed by atoms with Crippen LogP contribution in [0, 0.1) is 11.8 Å². The van der Waals surface area contributed by atoms with E-state index < -0.39 is 0 Å². The van der Waals surface area contributed by atoms with Gasteiger partial charge in [-0.15, -0.1) is 0 Å². The van der Waals surface area contributed by atoms with Gasteiger partial charge >= 0.3 is 0 Å². The predicted molar refractivity (Wildman–Crippen MR) is 134 cm³/mol. The van der Waals surface area contributed by atoms with Gasteiger partial charge in [-0.3, -0.25) is 4.98 Å². The van der Waals surface area contributed by atoms with Gasteiger partial charge in [0.2, 0.25) is 0 Å². The summed E-state index contributed by atoms with van der Waals surface area (Å²) in [4.78, 5) is 22.9. The molecule has 3 fully saturated rings. The lowest BCUT2D eigenvalue weighted by molar-refractivity contribution is 0.421. The Hall–Kier alpha value is -3.58. The summed E-state index contributed by atoms with van der Waals surface area (Å²) in [6.45, 7) is 2.19. The summed E-state index contributed by atoms with van der Waals surface area (Å²) in [5.74, 6) is 3.65. The van der Waals surface area contributed by atoms with Gasteiger partial charge in [0.25, 0.3) is 0 Å². The van der Waals surface area contributed by atoms with Gasteiger partial charge < -0.3 is 15.6 Å². The zero-order chi connectivity index (χ0) is 22.2. The maximum atomic E-state index is 5.20. The van der Waals surface area contributed by atoms with Gasteiger partial charge in [0.15, 0.2) is 5.82 Å². The van der Waals surface area contributed by atoms with Gasteiger partial charge in [-0.2, -0.15) is 0 Å².